The van der Waals surface area contributed by atoms with Gasteiger partial charge in [-0.05, 0) is 68.7 Å². The van der Waals surface area contributed by atoms with Crippen molar-refractivity contribution >= 4 is 51.7 Å². The summed E-state index contributed by atoms with van der Waals surface area (Å²) in [6, 6.07) is 19.5. The van der Waals surface area contributed by atoms with Gasteiger partial charge in [0.05, 0.1) is 11.8 Å². The van der Waals surface area contributed by atoms with Crippen molar-refractivity contribution in [2.45, 2.75) is 64.1 Å². The molecule has 12 nitrogen and oxygen atoms in total. The molecule has 5 rings (SSSR count). The van der Waals surface area contributed by atoms with Crippen molar-refractivity contribution in [3.63, 3.8) is 0 Å². The lowest BCUT2D eigenvalue weighted by Crippen LogP contribution is -2.59. The zero-order valence-electron chi connectivity index (χ0n) is 26.8. The molecule has 0 aliphatic rings. The van der Waals surface area contributed by atoms with Gasteiger partial charge in [-0.3, -0.25) is 24.0 Å². The predicted molar refractivity (Wildman–Crippen MR) is 177 cm³/mol. The van der Waals surface area contributed by atoms with Gasteiger partial charge in [-0.1, -0.05) is 54.6 Å². The fraction of sp³-hybridized carbons (Fsp3) is 0.286. The number of imidazole rings is 1. The van der Waals surface area contributed by atoms with Crippen LogP contribution in [0.4, 0.5) is 5.82 Å². The number of anilines is 1. The van der Waals surface area contributed by atoms with E-state index in [-0.39, 0.29) is 18.1 Å². The Morgan fingerprint density at radius 3 is 2.40 bits per heavy atom. The Bertz CT molecular complexity index is 1940. The maximum absolute atomic E-state index is 13.8. The minimum absolute atomic E-state index is 0.106. The highest BCUT2D eigenvalue weighted by Crippen LogP contribution is 2.28. The second-order valence-corrected chi connectivity index (χ2v) is 12.8. The summed E-state index contributed by atoms with van der Waals surface area (Å²) >= 11 is 0. The third-order valence-corrected chi connectivity index (χ3v) is 7.78. The molecule has 244 valence electrons. The average Bonchev–Trinajstić information content (AvgIpc) is 3.65. The molecule has 3 aromatic carbocycles. The number of para-hydroxylation sites is 1. The summed E-state index contributed by atoms with van der Waals surface area (Å²) in [6.07, 6.45) is 3.65. The highest BCUT2D eigenvalue weighted by molar-refractivity contribution is 5.99. The van der Waals surface area contributed by atoms with Crippen LogP contribution in [0.2, 0.25) is 0 Å². The van der Waals surface area contributed by atoms with E-state index in [9.17, 15) is 24.3 Å². The molecule has 2 heterocycles. The average molecular weight is 639 g/mol. The van der Waals surface area contributed by atoms with Crippen LogP contribution in [0.5, 0.6) is 0 Å². The van der Waals surface area contributed by atoms with Crippen molar-refractivity contribution in [1.82, 2.24) is 25.3 Å². The Hall–Kier alpha value is -5.49. The number of carboxylic acid groups (broad SMARTS) is 1. The van der Waals surface area contributed by atoms with Crippen LogP contribution in [-0.4, -0.2) is 66.5 Å². The number of rotatable bonds is 12. The lowest BCUT2D eigenvalue weighted by atomic mass is 9.96. The summed E-state index contributed by atoms with van der Waals surface area (Å²) in [4.78, 5) is 68.0. The first-order chi connectivity index (χ1) is 22.3. The van der Waals surface area contributed by atoms with Gasteiger partial charge in [0.25, 0.3) is 0 Å². The Morgan fingerprint density at radius 1 is 1.00 bits per heavy atom. The van der Waals surface area contributed by atoms with Crippen LogP contribution >= 0.6 is 0 Å². The zero-order chi connectivity index (χ0) is 33.9. The van der Waals surface area contributed by atoms with Crippen LogP contribution < -0.4 is 10.6 Å². The molecule has 0 radical (unpaired) electrons. The number of hydroxylamine groups is 2. The van der Waals surface area contributed by atoms with Crippen molar-refractivity contribution < 1.29 is 29.1 Å². The van der Waals surface area contributed by atoms with E-state index in [2.05, 4.69) is 25.6 Å². The van der Waals surface area contributed by atoms with E-state index in [1.54, 1.807) is 39.1 Å². The molecule has 0 bridgehead atoms. The maximum atomic E-state index is 13.8. The number of aromatic nitrogens is 3. The topological polar surface area (TPSA) is 170 Å². The van der Waals surface area contributed by atoms with Gasteiger partial charge in [-0.25, -0.2) is 10.0 Å². The normalized spacial score (nSPS) is 13.2. The fourth-order valence-electron chi connectivity index (χ4n) is 5.30. The van der Waals surface area contributed by atoms with E-state index < -0.39 is 40.9 Å². The first-order valence-electron chi connectivity index (χ1n) is 15.1. The zero-order valence-corrected chi connectivity index (χ0v) is 26.8. The summed E-state index contributed by atoms with van der Waals surface area (Å²) in [6.45, 7) is 8.28. The van der Waals surface area contributed by atoms with Crippen molar-refractivity contribution in [3.8, 4) is 0 Å². The van der Waals surface area contributed by atoms with E-state index in [0.717, 1.165) is 32.3 Å². The quantitative estimate of drug-likeness (QED) is 0.0957. The van der Waals surface area contributed by atoms with Crippen LogP contribution in [0.25, 0.3) is 21.7 Å². The number of hydrogen-bond acceptors (Lipinski definition) is 6. The second-order valence-electron chi connectivity index (χ2n) is 12.8. The van der Waals surface area contributed by atoms with E-state index in [4.69, 9.17) is 4.84 Å². The Labute approximate surface area is 271 Å². The first-order valence-corrected chi connectivity index (χ1v) is 15.1. The molecular formula is C35H38N6O6. The third kappa shape index (κ3) is 7.33. The predicted octanol–water partition coefficient (Wildman–Crippen LogP) is 4.89. The lowest BCUT2D eigenvalue weighted by Gasteiger charge is -2.37. The number of H-pyrrole nitrogens is 2. The van der Waals surface area contributed by atoms with Gasteiger partial charge in [0, 0.05) is 23.5 Å². The molecule has 0 spiro atoms. The van der Waals surface area contributed by atoms with Gasteiger partial charge < -0.3 is 25.7 Å². The maximum Gasteiger partial charge on any atom is 0.318 e. The molecular weight excluding hydrogens is 600 g/mol. The number of aromatic amines is 2. The van der Waals surface area contributed by atoms with Gasteiger partial charge in [-0.2, -0.15) is 0 Å². The number of benzene rings is 3. The molecule has 5 aromatic rings. The molecule has 12 heteroatoms. The number of fused-ring (bicyclic) bond motifs is 2. The smallest absolute Gasteiger partial charge is 0.318 e. The summed E-state index contributed by atoms with van der Waals surface area (Å²) < 4.78 is 0. The van der Waals surface area contributed by atoms with Gasteiger partial charge in [0.1, 0.15) is 29.1 Å². The highest BCUT2D eigenvalue weighted by atomic mass is 16.7. The third-order valence-electron chi connectivity index (χ3n) is 7.78. The van der Waals surface area contributed by atoms with E-state index in [1.807, 2.05) is 54.6 Å². The number of aliphatic carboxylic acids is 1. The van der Waals surface area contributed by atoms with Gasteiger partial charge in [0.15, 0.2) is 0 Å². The summed E-state index contributed by atoms with van der Waals surface area (Å²) in [5, 5.41) is 19.4. The van der Waals surface area contributed by atoms with Crippen LogP contribution in [0.15, 0.2) is 79.1 Å². The van der Waals surface area contributed by atoms with E-state index in [0.29, 0.717) is 12.0 Å². The molecule has 0 saturated carbocycles. The summed E-state index contributed by atoms with van der Waals surface area (Å²) in [7, 11) is 0. The first kappa shape index (κ1) is 32.9. The minimum Gasteiger partial charge on any atom is -0.480 e. The second kappa shape index (κ2) is 13.1. The van der Waals surface area contributed by atoms with E-state index in [1.165, 1.54) is 20.0 Å². The highest BCUT2D eigenvalue weighted by Gasteiger charge is 2.39. The number of carbonyl (C=O) groups excluding carboxylic acids is 3. The number of nitrogens with one attached hydrogen (secondary N) is 4. The number of carboxylic acids is 1. The van der Waals surface area contributed by atoms with Crippen molar-refractivity contribution in [1.29, 1.82) is 0 Å². The number of carbonyl (C=O) groups is 4. The molecule has 2 aromatic heterocycles. The fourth-order valence-corrected chi connectivity index (χ4v) is 5.30. The summed E-state index contributed by atoms with van der Waals surface area (Å²) in [5.74, 6) is -3.16. The molecule has 0 aliphatic heterocycles. The monoisotopic (exact) mass is 638 g/mol. The Balaban J connectivity index is 1.41. The van der Waals surface area contributed by atoms with Crippen molar-refractivity contribution in [2.75, 3.05) is 5.32 Å². The van der Waals surface area contributed by atoms with Crippen LogP contribution in [-0.2, 0) is 30.4 Å². The SMILES string of the molecule is CC(C)(C)ON(C=O)C(C)(C)C(=O)N[C@H](Cc1c[nH]c2ccccc12)C(=O)Nc1cnc(C(C(=O)O)c2ccc3ccccc3c2)[nH]1. The number of amides is 3. The molecule has 0 saturated heterocycles. The summed E-state index contributed by atoms with van der Waals surface area (Å²) in [5.41, 5.74) is -0.0792. The lowest BCUT2D eigenvalue weighted by molar-refractivity contribution is -0.247. The van der Waals surface area contributed by atoms with Crippen LogP contribution in [0.1, 0.15) is 57.5 Å². The van der Waals surface area contributed by atoms with Crippen molar-refractivity contribution in [2.24, 2.45) is 0 Å². The largest absolute Gasteiger partial charge is 0.480 e. The van der Waals surface area contributed by atoms with E-state index >= 15 is 0 Å². The number of nitrogens with zero attached hydrogens (tertiary/aromatic N) is 2. The van der Waals surface area contributed by atoms with Gasteiger partial charge in [-0.15, -0.1) is 0 Å². The molecule has 2 atom stereocenters. The standard InChI is InChI=1S/C35H38N6O6/c1-34(2,3)47-41(20-42)35(4,5)33(46)38-27(17-24-18-36-26-13-9-8-12-25(24)26)31(43)40-28-19-37-30(39-28)29(32(44)45)23-15-14-21-10-6-7-11-22(21)16-23/h6-16,18-20,27,29,36H,17H2,1-5H3,(H,37,39)(H,38,46)(H,40,43)(H,44,45)/t27-,29?/m1/s1. The molecule has 0 aliphatic carbocycles. The molecule has 47 heavy (non-hydrogen) atoms. The Morgan fingerprint density at radius 2 is 1.70 bits per heavy atom. The van der Waals surface area contributed by atoms with Crippen molar-refractivity contribution in [3.05, 3.63) is 96.1 Å². The molecule has 3 amide bonds. The number of hydrogen-bond donors (Lipinski definition) is 5. The molecule has 0 fully saturated rings. The Kier molecular flexibility index (Phi) is 9.16. The van der Waals surface area contributed by atoms with Crippen LogP contribution in [0.3, 0.4) is 0 Å². The minimum atomic E-state index is -1.48. The van der Waals surface area contributed by atoms with Crippen LogP contribution in [0, 0.1) is 0 Å². The van der Waals surface area contributed by atoms with Gasteiger partial charge >= 0.3 is 5.97 Å². The van der Waals surface area contributed by atoms with Gasteiger partial charge in [0.2, 0.25) is 18.2 Å². The molecule has 1 unspecified atom stereocenters. The molecule has 5 N–H and O–H groups in total.